The van der Waals surface area contributed by atoms with Crippen LogP contribution in [0.15, 0.2) is 11.4 Å². The van der Waals surface area contributed by atoms with E-state index in [1.54, 1.807) is 6.92 Å². The number of nitrogen functional groups attached to an aromatic ring is 1. The van der Waals surface area contributed by atoms with Crippen molar-refractivity contribution < 1.29 is 14.3 Å². The SMILES string of the molecule is CCOC(=O)c1cnc(SCC(=O)N2CCCC2)nc1N. The number of carbonyl (C=O) groups is 2. The molecule has 0 aliphatic carbocycles. The summed E-state index contributed by atoms with van der Waals surface area (Å²) >= 11 is 1.22. The molecule has 0 unspecified atom stereocenters. The van der Waals surface area contributed by atoms with E-state index in [1.807, 2.05) is 4.90 Å². The number of anilines is 1. The first-order valence-corrected chi connectivity index (χ1v) is 7.80. The third kappa shape index (κ3) is 4.07. The van der Waals surface area contributed by atoms with Gasteiger partial charge < -0.3 is 15.4 Å². The van der Waals surface area contributed by atoms with Gasteiger partial charge in [-0.3, -0.25) is 4.79 Å². The van der Waals surface area contributed by atoms with E-state index in [-0.39, 0.29) is 29.6 Å². The fourth-order valence-corrected chi connectivity index (χ4v) is 2.72. The molecule has 1 amide bonds. The lowest BCUT2D eigenvalue weighted by molar-refractivity contribution is -0.127. The highest BCUT2D eigenvalue weighted by molar-refractivity contribution is 7.99. The number of rotatable bonds is 5. The number of aromatic nitrogens is 2. The molecule has 1 aliphatic heterocycles. The number of amides is 1. The average molecular weight is 310 g/mol. The second kappa shape index (κ2) is 7.26. The normalized spacial score (nSPS) is 14.2. The first-order valence-electron chi connectivity index (χ1n) is 6.82. The molecule has 1 aromatic rings. The molecule has 114 valence electrons. The summed E-state index contributed by atoms with van der Waals surface area (Å²) < 4.78 is 4.85. The molecule has 0 saturated carbocycles. The van der Waals surface area contributed by atoms with Gasteiger partial charge in [-0.15, -0.1) is 0 Å². The maximum atomic E-state index is 11.9. The number of likely N-dealkylation sites (tertiary alicyclic amines) is 1. The van der Waals surface area contributed by atoms with Crippen molar-refractivity contribution >= 4 is 29.5 Å². The van der Waals surface area contributed by atoms with Crippen LogP contribution in [0.25, 0.3) is 0 Å². The van der Waals surface area contributed by atoms with Crippen LogP contribution in [0, 0.1) is 0 Å². The Bertz CT molecular complexity index is 532. The van der Waals surface area contributed by atoms with Crippen LogP contribution in [0.4, 0.5) is 5.82 Å². The van der Waals surface area contributed by atoms with E-state index in [9.17, 15) is 9.59 Å². The summed E-state index contributed by atoms with van der Waals surface area (Å²) in [6.45, 7) is 3.62. The van der Waals surface area contributed by atoms with Crippen molar-refractivity contribution in [1.29, 1.82) is 0 Å². The third-order valence-corrected chi connectivity index (χ3v) is 3.92. The van der Waals surface area contributed by atoms with Gasteiger partial charge in [-0.25, -0.2) is 14.8 Å². The fourth-order valence-electron chi connectivity index (χ4n) is 2.00. The van der Waals surface area contributed by atoms with Crippen molar-refractivity contribution in [2.75, 3.05) is 31.2 Å². The highest BCUT2D eigenvalue weighted by atomic mass is 32.2. The van der Waals surface area contributed by atoms with Gasteiger partial charge >= 0.3 is 5.97 Å². The van der Waals surface area contributed by atoms with Crippen molar-refractivity contribution in [1.82, 2.24) is 14.9 Å². The molecule has 1 aromatic heterocycles. The Balaban J connectivity index is 1.93. The van der Waals surface area contributed by atoms with Crippen molar-refractivity contribution in [3.05, 3.63) is 11.8 Å². The molecule has 7 nitrogen and oxygen atoms in total. The van der Waals surface area contributed by atoms with Gasteiger partial charge in [0.25, 0.3) is 0 Å². The molecular formula is C13H18N4O3S. The summed E-state index contributed by atoms with van der Waals surface area (Å²) in [6, 6.07) is 0. The molecule has 0 spiro atoms. The molecule has 1 fully saturated rings. The quantitative estimate of drug-likeness (QED) is 0.491. The van der Waals surface area contributed by atoms with Crippen LogP contribution in [-0.4, -0.2) is 52.2 Å². The third-order valence-electron chi connectivity index (χ3n) is 3.07. The Morgan fingerprint density at radius 2 is 2.14 bits per heavy atom. The molecule has 2 rings (SSSR count). The van der Waals surface area contributed by atoms with Gasteiger partial charge in [-0.2, -0.15) is 0 Å². The maximum Gasteiger partial charge on any atom is 0.343 e. The first kappa shape index (κ1) is 15.6. The maximum absolute atomic E-state index is 11.9. The zero-order chi connectivity index (χ0) is 15.2. The van der Waals surface area contributed by atoms with Crippen LogP contribution in [0.2, 0.25) is 0 Å². The number of hydrogen-bond donors (Lipinski definition) is 1. The van der Waals surface area contributed by atoms with E-state index < -0.39 is 5.97 Å². The molecule has 21 heavy (non-hydrogen) atoms. The monoisotopic (exact) mass is 310 g/mol. The van der Waals surface area contributed by atoms with Gasteiger partial charge in [0.15, 0.2) is 5.16 Å². The van der Waals surface area contributed by atoms with Gasteiger partial charge in [-0.05, 0) is 19.8 Å². The standard InChI is InChI=1S/C13H18N4O3S/c1-2-20-12(19)9-7-15-13(16-11(9)14)21-8-10(18)17-5-3-4-6-17/h7H,2-6,8H2,1H3,(H2,14,15,16). The van der Waals surface area contributed by atoms with Crippen LogP contribution in [0.1, 0.15) is 30.1 Å². The van der Waals surface area contributed by atoms with Gasteiger partial charge in [0.1, 0.15) is 11.4 Å². The lowest BCUT2D eigenvalue weighted by Crippen LogP contribution is -2.29. The lowest BCUT2D eigenvalue weighted by atomic mass is 10.3. The van der Waals surface area contributed by atoms with E-state index in [0.717, 1.165) is 25.9 Å². The highest BCUT2D eigenvalue weighted by Crippen LogP contribution is 2.18. The van der Waals surface area contributed by atoms with E-state index >= 15 is 0 Å². The molecule has 0 radical (unpaired) electrons. The molecule has 1 saturated heterocycles. The number of ether oxygens (including phenoxy) is 1. The predicted octanol–water partition coefficient (Wildman–Crippen LogP) is 0.950. The molecule has 1 aliphatic rings. The number of thioether (sulfide) groups is 1. The minimum atomic E-state index is -0.542. The van der Waals surface area contributed by atoms with E-state index in [1.165, 1.54) is 18.0 Å². The summed E-state index contributed by atoms with van der Waals surface area (Å²) in [4.78, 5) is 33.4. The average Bonchev–Trinajstić information content (AvgIpc) is 2.99. The molecule has 0 atom stereocenters. The highest BCUT2D eigenvalue weighted by Gasteiger charge is 2.19. The van der Waals surface area contributed by atoms with Crippen LogP contribution in [0.5, 0.6) is 0 Å². The topological polar surface area (TPSA) is 98.4 Å². The molecule has 8 heteroatoms. The van der Waals surface area contributed by atoms with Crippen LogP contribution in [-0.2, 0) is 9.53 Å². The molecule has 2 heterocycles. The first-order chi connectivity index (χ1) is 10.1. The van der Waals surface area contributed by atoms with Crippen molar-refractivity contribution in [3.8, 4) is 0 Å². The van der Waals surface area contributed by atoms with Crippen LogP contribution >= 0.6 is 11.8 Å². The summed E-state index contributed by atoms with van der Waals surface area (Å²) in [6.07, 6.45) is 3.46. The van der Waals surface area contributed by atoms with E-state index in [0.29, 0.717) is 5.16 Å². The second-order valence-corrected chi connectivity index (χ2v) is 5.49. The zero-order valence-electron chi connectivity index (χ0n) is 11.9. The Kier molecular flexibility index (Phi) is 5.38. The number of nitrogens with two attached hydrogens (primary N) is 1. The fraction of sp³-hybridized carbons (Fsp3) is 0.538. The van der Waals surface area contributed by atoms with Crippen LogP contribution in [0.3, 0.4) is 0 Å². The van der Waals surface area contributed by atoms with Crippen molar-refractivity contribution in [2.24, 2.45) is 0 Å². The predicted molar refractivity (Wildman–Crippen MR) is 78.9 cm³/mol. The lowest BCUT2D eigenvalue weighted by Gasteiger charge is -2.14. The number of hydrogen-bond acceptors (Lipinski definition) is 7. The summed E-state index contributed by atoms with van der Waals surface area (Å²) in [7, 11) is 0. The molecule has 0 bridgehead atoms. The number of esters is 1. The molecule has 2 N–H and O–H groups in total. The Labute approximate surface area is 127 Å². The smallest absolute Gasteiger partial charge is 0.343 e. The van der Waals surface area contributed by atoms with Crippen LogP contribution < -0.4 is 5.73 Å². The van der Waals surface area contributed by atoms with Gasteiger partial charge in [0.2, 0.25) is 5.91 Å². The number of nitrogens with zero attached hydrogens (tertiary/aromatic N) is 3. The summed E-state index contributed by atoms with van der Waals surface area (Å²) in [5.74, 6) is -0.119. The second-order valence-electron chi connectivity index (χ2n) is 4.55. The number of carbonyl (C=O) groups excluding carboxylic acids is 2. The van der Waals surface area contributed by atoms with E-state index in [4.69, 9.17) is 10.5 Å². The summed E-state index contributed by atoms with van der Waals surface area (Å²) in [5, 5.41) is 0.382. The molecule has 0 aromatic carbocycles. The zero-order valence-corrected chi connectivity index (χ0v) is 12.7. The van der Waals surface area contributed by atoms with Crippen molar-refractivity contribution in [2.45, 2.75) is 24.9 Å². The van der Waals surface area contributed by atoms with Crippen molar-refractivity contribution in [3.63, 3.8) is 0 Å². The largest absolute Gasteiger partial charge is 0.462 e. The van der Waals surface area contributed by atoms with E-state index in [2.05, 4.69) is 9.97 Å². The summed E-state index contributed by atoms with van der Waals surface area (Å²) in [5.41, 5.74) is 5.87. The Hall–Kier alpha value is -1.83. The van der Waals surface area contributed by atoms with Gasteiger partial charge in [0.05, 0.1) is 12.4 Å². The Morgan fingerprint density at radius 3 is 2.76 bits per heavy atom. The molecular weight excluding hydrogens is 292 g/mol. The minimum Gasteiger partial charge on any atom is -0.462 e. The Morgan fingerprint density at radius 1 is 1.43 bits per heavy atom. The minimum absolute atomic E-state index is 0.0690. The van der Waals surface area contributed by atoms with Gasteiger partial charge in [0, 0.05) is 19.3 Å². The van der Waals surface area contributed by atoms with Gasteiger partial charge in [-0.1, -0.05) is 11.8 Å².